The third kappa shape index (κ3) is 3.12. The topological polar surface area (TPSA) is 25.0 Å². The third-order valence-corrected chi connectivity index (χ3v) is 10.7. The summed E-state index contributed by atoms with van der Waals surface area (Å²) in [5.74, 6) is 0. The van der Waals surface area contributed by atoms with Crippen LogP contribution in [-0.4, -0.2) is 13.8 Å². The number of hydrogen-bond acceptors (Lipinski definition) is 2. The molecule has 0 saturated heterocycles. The molecule has 12 aromatic rings. The van der Waals surface area contributed by atoms with Gasteiger partial charge in [-0.3, -0.25) is 4.40 Å². The third-order valence-electron chi connectivity index (χ3n) is 10.7. The number of anilines is 3. The smallest absolute Gasteiger partial charge is 0.146 e. The summed E-state index contributed by atoms with van der Waals surface area (Å²) >= 11 is 0. The molecule has 49 heavy (non-hydrogen) atoms. The Hall–Kier alpha value is -6.65. The van der Waals surface area contributed by atoms with Crippen LogP contribution in [0.4, 0.5) is 17.1 Å². The lowest BCUT2D eigenvalue weighted by atomic mass is 10.0. The number of para-hydroxylation sites is 5. The van der Waals surface area contributed by atoms with E-state index < -0.39 is 0 Å². The van der Waals surface area contributed by atoms with Crippen LogP contribution in [0.2, 0.25) is 0 Å². The van der Waals surface area contributed by atoms with Gasteiger partial charge in [-0.25, -0.2) is 4.98 Å². The molecule has 226 valence electrons. The van der Waals surface area contributed by atoms with Crippen LogP contribution in [0.5, 0.6) is 0 Å². The molecule has 7 aromatic carbocycles. The lowest BCUT2D eigenvalue weighted by Gasteiger charge is -2.26. The maximum absolute atomic E-state index is 5.73. The van der Waals surface area contributed by atoms with Crippen LogP contribution in [0, 0.1) is 0 Å². The van der Waals surface area contributed by atoms with Crippen molar-refractivity contribution >= 4 is 104 Å². The Labute approximate surface area is 279 Å². The fourth-order valence-corrected chi connectivity index (χ4v) is 8.79. The van der Waals surface area contributed by atoms with Crippen molar-refractivity contribution in [2.45, 2.75) is 0 Å². The van der Waals surface area contributed by atoms with Gasteiger partial charge in [0.15, 0.2) is 0 Å². The molecule has 0 saturated carbocycles. The molecular weight excluding hydrogens is 597 g/mol. The van der Waals surface area contributed by atoms with E-state index in [1.165, 1.54) is 65.0 Å². The highest BCUT2D eigenvalue weighted by Crippen LogP contribution is 2.48. The summed E-state index contributed by atoms with van der Waals surface area (Å²) in [6, 6.07) is 57.1. The molecule has 5 heterocycles. The average molecular weight is 623 g/mol. The second-order valence-electron chi connectivity index (χ2n) is 13.2. The molecule has 4 heteroatoms. The molecule has 4 nitrogen and oxygen atoms in total. The van der Waals surface area contributed by atoms with Crippen LogP contribution in [0.3, 0.4) is 0 Å². The Morgan fingerprint density at radius 1 is 0.408 bits per heavy atom. The van der Waals surface area contributed by atoms with Crippen molar-refractivity contribution in [1.29, 1.82) is 0 Å². The van der Waals surface area contributed by atoms with Crippen molar-refractivity contribution < 1.29 is 0 Å². The number of hydrogen-bond donors (Lipinski definition) is 0. The van der Waals surface area contributed by atoms with Crippen molar-refractivity contribution in [3.05, 3.63) is 158 Å². The summed E-state index contributed by atoms with van der Waals surface area (Å²) in [5, 5.41) is 11.1. The zero-order valence-corrected chi connectivity index (χ0v) is 26.3. The fraction of sp³-hybridized carbons (Fsp3) is 0. The van der Waals surface area contributed by atoms with Crippen LogP contribution < -0.4 is 4.90 Å². The SMILES string of the molecule is c1ccc(N(c2ccccc2)c2cccc3c4cccc5c6cc7c(nc6n(c23)c54)c2c3ccccc3cc3c4ccccc4n7c32)cc1. The van der Waals surface area contributed by atoms with Gasteiger partial charge in [0.1, 0.15) is 5.65 Å². The summed E-state index contributed by atoms with van der Waals surface area (Å²) in [6.45, 7) is 0. The molecule has 0 fully saturated rings. The molecular formula is C45H26N4. The minimum atomic E-state index is 0.990. The summed E-state index contributed by atoms with van der Waals surface area (Å²) in [6.07, 6.45) is 0. The van der Waals surface area contributed by atoms with Crippen LogP contribution in [0.1, 0.15) is 0 Å². The van der Waals surface area contributed by atoms with Crippen LogP contribution >= 0.6 is 0 Å². The van der Waals surface area contributed by atoms with E-state index in [1.807, 2.05) is 0 Å². The van der Waals surface area contributed by atoms with E-state index in [9.17, 15) is 0 Å². The van der Waals surface area contributed by atoms with Crippen molar-refractivity contribution in [3.8, 4) is 0 Å². The molecule has 0 atom stereocenters. The first kappa shape index (κ1) is 25.4. The molecule has 0 amide bonds. The van der Waals surface area contributed by atoms with E-state index in [0.29, 0.717) is 0 Å². The zero-order chi connectivity index (χ0) is 31.8. The van der Waals surface area contributed by atoms with E-state index in [2.05, 4.69) is 171 Å². The lowest BCUT2D eigenvalue weighted by Crippen LogP contribution is -2.10. The second kappa shape index (κ2) is 9.03. The van der Waals surface area contributed by atoms with Gasteiger partial charge in [0.05, 0.1) is 38.8 Å². The Balaban J connectivity index is 1.30. The van der Waals surface area contributed by atoms with E-state index in [0.717, 1.165) is 39.3 Å². The molecule has 0 spiro atoms. The van der Waals surface area contributed by atoms with Gasteiger partial charge in [-0.05, 0) is 59.3 Å². The van der Waals surface area contributed by atoms with Gasteiger partial charge < -0.3 is 9.30 Å². The minimum absolute atomic E-state index is 0.990. The van der Waals surface area contributed by atoms with Crippen LogP contribution in [0.15, 0.2) is 158 Å². The van der Waals surface area contributed by atoms with Gasteiger partial charge >= 0.3 is 0 Å². The van der Waals surface area contributed by atoms with Crippen LogP contribution in [0.25, 0.3) is 87.2 Å². The highest BCUT2D eigenvalue weighted by molar-refractivity contribution is 6.32. The van der Waals surface area contributed by atoms with Crippen LogP contribution in [-0.2, 0) is 0 Å². The average Bonchev–Trinajstić information content (AvgIpc) is 3.88. The summed E-state index contributed by atoms with van der Waals surface area (Å²) in [5.41, 5.74) is 11.4. The Bertz CT molecular complexity index is 3220. The molecule has 0 aliphatic rings. The van der Waals surface area contributed by atoms with Gasteiger partial charge in [0.25, 0.3) is 0 Å². The largest absolute Gasteiger partial charge is 0.308 e. The molecule has 12 rings (SSSR count). The molecule has 0 radical (unpaired) electrons. The molecule has 5 aromatic heterocycles. The fourth-order valence-electron chi connectivity index (χ4n) is 8.79. The molecule has 0 aliphatic heterocycles. The highest BCUT2D eigenvalue weighted by Gasteiger charge is 2.26. The molecule has 0 N–H and O–H groups in total. The number of nitrogens with zero attached hydrogens (tertiary/aromatic N) is 4. The first-order valence-corrected chi connectivity index (χ1v) is 16.8. The Morgan fingerprint density at radius 2 is 1.02 bits per heavy atom. The van der Waals surface area contributed by atoms with E-state index in [4.69, 9.17) is 4.98 Å². The monoisotopic (exact) mass is 622 g/mol. The minimum Gasteiger partial charge on any atom is -0.308 e. The Kier molecular flexibility index (Phi) is 4.69. The summed E-state index contributed by atoms with van der Waals surface area (Å²) in [7, 11) is 0. The standard InChI is InChI=1S/C45H26N4/c1-3-14-28(15-4-1)47(29-16-5-2-6-17-29)38-24-12-22-33-32-20-11-21-34-36-26-39-41(46-45(36)49(42(32)34)43(33)38)40-30-18-8-7-13-27(30)25-35-31-19-9-10-23-37(31)48(39)44(35)40/h1-26H. The zero-order valence-electron chi connectivity index (χ0n) is 26.3. The molecule has 0 aliphatic carbocycles. The maximum atomic E-state index is 5.73. The van der Waals surface area contributed by atoms with Gasteiger partial charge in [-0.1, -0.05) is 109 Å². The number of pyridine rings is 1. The van der Waals surface area contributed by atoms with Gasteiger partial charge in [0, 0.05) is 49.1 Å². The number of benzene rings is 7. The van der Waals surface area contributed by atoms with E-state index in [1.54, 1.807) is 0 Å². The molecule has 0 unspecified atom stereocenters. The van der Waals surface area contributed by atoms with E-state index in [-0.39, 0.29) is 0 Å². The highest BCUT2D eigenvalue weighted by atomic mass is 15.2. The summed E-state index contributed by atoms with van der Waals surface area (Å²) in [4.78, 5) is 8.11. The first-order chi connectivity index (χ1) is 24.3. The predicted molar refractivity (Wildman–Crippen MR) is 206 cm³/mol. The van der Waals surface area contributed by atoms with Gasteiger partial charge in [-0.2, -0.15) is 0 Å². The van der Waals surface area contributed by atoms with Crippen molar-refractivity contribution in [3.63, 3.8) is 0 Å². The number of rotatable bonds is 3. The van der Waals surface area contributed by atoms with Crippen molar-refractivity contribution in [2.24, 2.45) is 0 Å². The number of aromatic nitrogens is 3. The van der Waals surface area contributed by atoms with Gasteiger partial charge in [0.2, 0.25) is 0 Å². The van der Waals surface area contributed by atoms with Gasteiger partial charge in [-0.15, -0.1) is 0 Å². The number of fused-ring (bicyclic) bond motifs is 14. The molecule has 0 bridgehead atoms. The second-order valence-corrected chi connectivity index (χ2v) is 13.2. The quantitative estimate of drug-likeness (QED) is 0.196. The normalized spacial score (nSPS) is 12.5. The maximum Gasteiger partial charge on any atom is 0.146 e. The summed E-state index contributed by atoms with van der Waals surface area (Å²) < 4.78 is 4.90. The first-order valence-electron chi connectivity index (χ1n) is 16.8. The van der Waals surface area contributed by atoms with Crippen molar-refractivity contribution in [1.82, 2.24) is 13.8 Å². The lowest BCUT2D eigenvalue weighted by molar-refractivity contribution is 1.25. The predicted octanol–water partition coefficient (Wildman–Crippen LogP) is 12.0. The van der Waals surface area contributed by atoms with Crippen molar-refractivity contribution in [2.75, 3.05) is 4.90 Å². The Morgan fingerprint density at radius 3 is 1.80 bits per heavy atom. The van der Waals surface area contributed by atoms with E-state index >= 15 is 0 Å².